The normalized spacial score (nSPS) is 16.8. The van der Waals surface area contributed by atoms with E-state index >= 15 is 0 Å². The number of amides is 1. The molecule has 5 nitrogen and oxygen atoms in total. The molecule has 1 aliphatic carbocycles. The van der Waals surface area contributed by atoms with Crippen LogP contribution in [0.3, 0.4) is 0 Å². The van der Waals surface area contributed by atoms with Crippen LogP contribution in [0.1, 0.15) is 35.8 Å². The van der Waals surface area contributed by atoms with Crippen LogP contribution in [0, 0.1) is 5.92 Å². The maximum absolute atomic E-state index is 12.1. The molecule has 122 valence electrons. The van der Waals surface area contributed by atoms with Crippen LogP contribution < -0.4 is 5.32 Å². The fourth-order valence-corrected chi connectivity index (χ4v) is 3.11. The number of benzene rings is 1. The molecule has 23 heavy (non-hydrogen) atoms. The van der Waals surface area contributed by atoms with E-state index < -0.39 is 5.60 Å². The molecule has 0 bridgehead atoms. The number of carbonyl (C=O) groups is 1. The fraction of sp³-hybridized carbons (Fsp3) is 0.412. The van der Waals surface area contributed by atoms with Crippen molar-refractivity contribution in [2.24, 2.45) is 5.92 Å². The van der Waals surface area contributed by atoms with Gasteiger partial charge in [0.1, 0.15) is 6.26 Å². The van der Waals surface area contributed by atoms with Gasteiger partial charge in [0, 0.05) is 12.3 Å². The van der Waals surface area contributed by atoms with E-state index in [2.05, 4.69) is 10.3 Å². The summed E-state index contributed by atoms with van der Waals surface area (Å²) in [4.78, 5) is 16.3. The number of nitrogens with zero attached hydrogens (tertiary/aromatic N) is 1. The molecule has 1 aliphatic rings. The van der Waals surface area contributed by atoms with Crippen LogP contribution in [0.25, 0.3) is 0 Å². The molecule has 1 amide bonds. The molecular weight excluding hydrogens is 312 g/mol. The topological polar surface area (TPSA) is 75.4 Å². The van der Waals surface area contributed by atoms with Crippen molar-refractivity contribution in [2.75, 3.05) is 6.54 Å². The number of hydrogen-bond donors (Lipinski definition) is 2. The summed E-state index contributed by atoms with van der Waals surface area (Å²) in [5, 5.41) is 13.4. The van der Waals surface area contributed by atoms with Crippen molar-refractivity contribution in [1.29, 1.82) is 0 Å². The zero-order valence-electron chi connectivity index (χ0n) is 13.0. The summed E-state index contributed by atoms with van der Waals surface area (Å²) in [5.41, 5.74) is 0.568. The first-order chi connectivity index (χ1) is 11.0. The lowest BCUT2D eigenvalue weighted by molar-refractivity contribution is 0.0353. The van der Waals surface area contributed by atoms with Crippen LogP contribution >= 0.6 is 11.8 Å². The lowest BCUT2D eigenvalue weighted by atomic mass is 10.0. The quantitative estimate of drug-likeness (QED) is 0.763. The number of thioether (sulfide) groups is 1. The Labute approximate surface area is 139 Å². The monoisotopic (exact) mass is 332 g/mol. The molecule has 1 aromatic carbocycles. The van der Waals surface area contributed by atoms with Gasteiger partial charge in [-0.3, -0.25) is 4.79 Å². The van der Waals surface area contributed by atoms with E-state index in [9.17, 15) is 9.90 Å². The Morgan fingerprint density at radius 1 is 1.43 bits per heavy atom. The Bertz CT molecular complexity index is 665. The zero-order valence-corrected chi connectivity index (χ0v) is 13.8. The van der Waals surface area contributed by atoms with Crippen molar-refractivity contribution in [2.45, 2.75) is 36.3 Å². The van der Waals surface area contributed by atoms with Crippen molar-refractivity contribution in [3.63, 3.8) is 0 Å². The summed E-state index contributed by atoms with van der Waals surface area (Å²) in [7, 11) is 0. The highest BCUT2D eigenvalue weighted by atomic mass is 32.2. The van der Waals surface area contributed by atoms with Crippen molar-refractivity contribution < 1.29 is 14.3 Å². The Kier molecular flexibility index (Phi) is 4.73. The second-order valence-electron chi connectivity index (χ2n) is 6.09. The molecule has 2 aromatic rings. The Morgan fingerprint density at radius 2 is 2.17 bits per heavy atom. The summed E-state index contributed by atoms with van der Waals surface area (Å²) >= 11 is 1.44. The Hall–Kier alpha value is -1.79. The molecule has 0 radical (unpaired) electrons. The first kappa shape index (κ1) is 16.1. The number of carbonyl (C=O) groups excluding carboxylic acids is 1. The van der Waals surface area contributed by atoms with E-state index in [0.29, 0.717) is 5.22 Å². The van der Waals surface area contributed by atoms with Gasteiger partial charge in [0.05, 0.1) is 5.60 Å². The third kappa shape index (κ3) is 4.36. The smallest absolute Gasteiger partial charge is 0.273 e. The molecule has 1 fully saturated rings. The SMILES string of the molecule is C[C@](O)(CNC(=O)c1coc(SCc2ccccc2)n1)C1CC1. The van der Waals surface area contributed by atoms with Crippen LogP contribution in [0.4, 0.5) is 0 Å². The molecule has 1 aromatic heterocycles. The van der Waals surface area contributed by atoms with Crippen molar-refractivity contribution >= 4 is 17.7 Å². The van der Waals surface area contributed by atoms with E-state index in [1.165, 1.54) is 23.6 Å². The Balaban J connectivity index is 1.51. The van der Waals surface area contributed by atoms with Gasteiger partial charge in [0.15, 0.2) is 5.69 Å². The van der Waals surface area contributed by atoms with Gasteiger partial charge in [-0.1, -0.05) is 42.1 Å². The van der Waals surface area contributed by atoms with Crippen LogP contribution in [0.2, 0.25) is 0 Å². The van der Waals surface area contributed by atoms with Gasteiger partial charge in [0.2, 0.25) is 0 Å². The molecule has 0 spiro atoms. The number of nitrogens with one attached hydrogen (secondary N) is 1. The number of aliphatic hydroxyl groups is 1. The minimum Gasteiger partial charge on any atom is -0.439 e. The second-order valence-corrected chi connectivity index (χ2v) is 7.01. The van der Waals surface area contributed by atoms with E-state index in [1.807, 2.05) is 30.3 Å². The van der Waals surface area contributed by atoms with Gasteiger partial charge in [-0.2, -0.15) is 4.98 Å². The van der Waals surface area contributed by atoms with E-state index in [4.69, 9.17) is 4.42 Å². The van der Waals surface area contributed by atoms with E-state index in [0.717, 1.165) is 18.6 Å². The minimum absolute atomic E-state index is 0.232. The summed E-state index contributed by atoms with van der Waals surface area (Å²) in [6.07, 6.45) is 3.40. The number of hydrogen-bond acceptors (Lipinski definition) is 5. The first-order valence-corrected chi connectivity index (χ1v) is 8.66. The number of rotatable bonds is 7. The molecule has 2 N–H and O–H groups in total. The zero-order chi connectivity index (χ0) is 16.3. The predicted molar refractivity (Wildman–Crippen MR) is 88.2 cm³/mol. The van der Waals surface area contributed by atoms with Crippen molar-refractivity contribution in [3.8, 4) is 0 Å². The van der Waals surface area contributed by atoms with Crippen molar-refractivity contribution in [3.05, 3.63) is 47.9 Å². The fourth-order valence-electron chi connectivity index (χ4n) is 2.35. The van der Waals surface area contributed by atoms with Crippen LogP contribution in [0.15, 0.2) is 46.2 Å². The van der Waals surface area contributed by atoms with E-state index in [-0.39, 0.29) is 24.1 Å². The summed E-state index contributed by atoms with van der Waals surface area (Å²) in [6, 6.07) is 10.00. The van der Waals surface area contributed by atoms with Crippen molar-refractivity contribution in [1.82, 2.24) is 10.3 Å². The van der Waals surface area contributed by atoms with E-state index in [1.54, 1.807) is 6.92 Å². The second kappa shape index (κ2) is 6.76. The highest BCUT2D eigenvalue weighted by Gasteiger charge is 2.40. The lowest BCUT2D eigenvalue weighted by Crippen LogP contribution is -2.42. The molecule has 1 atom stereocenters. The van der Waals surface area contributed by atoms with Gasteiger partial charge in [-0.15, -0.1) is 0 Å². The standard InChI is InChI=1S/C17H20N2O3S/c1-17(21,13-7-8-13)11-18-15(20)14-9-22-16(19-14)23-10-12-5-3-2-4-6-12/h2-6,9,13,21H,7-8,10-11H2,1H3,(H,18,20)/t17-/m0/s1. The molecule has 6 heteroatoms. The lowest BCUT2D eigenvalue weighted by Gasteiger charge is -2.22. The third-order valence-corrected chi connectivity index (χ3v) is 4.90. The molecule has 1 saturated carbocycles. The molecule has 0 unspecified atom stereocenters. The highest BCUT2D eigenvalue weighted by Crippen LogP contribution is 2.39. The Morgan fingerprint density at radius 3 is 2.87 bits per heavy atom. The van der Waals surface area contributed by atoms with Crippen LogP contribution in [0.5, 0.6) is 0 Å². The predicted octanol–water partition coefficient (Wildman–Crippen LogP) is 2.86. The van der Waals surface area contributed by atoms with Gasteiger partial charge in [0.25, 0.3) is 11.1 Å². The molecule has 0 aliphatic heterocycles. The third-order valence-electron chi connectivity index (χ3n) is 3.98. The van der Waals surface area contributed by atoms with Crippen LogP contribution in [-0.2, 0) is 5.75 Å². The average Bonchev–Trinajstić information content (AvgIpc) is 3.32. The molecule has 1 heterocycles. The molecular formula is C17H20N2O3S. The van der Waals surface area contributed by atoms with Gasteiger partial charge in [-0.05, 0) is 31.2 Å². The van der Waals surface area contributed by atoms with Gasteiger partial charge in [-0.25, -0.2) is 0 Å². The van der Waals surface area contributed by atoms with Gasteiger partial charge >= 0.3 is 0 Å². The highest BCUT2D eigenvalue weighted by molar-refractivity contribution is 7.98. The largest absolute Gasteiger partial charge is 0.439 e. The maximum Gasteiger partial charge on any atom is 0.273 e. The minimum atomic E-state index is -0.843. The van der Waals surface area contributed by atoms with Crippen LogP contribution in [-0.4, -0.2) is 28.1 Å². The molecule has 0 saturated heterocycles. The first-order valence-electron chi connectivity index (χ1n) is 7.67. The maximum atomic E-state index is 12.1. The average molecular weight is 332 g/mol. The summed E-state index contributed by atoms with van der Waals surface area (Å²) in [5.74, 6) is 0.706. The molecule has 3 rings (SSSR count). The summed E-state index contributed by atoms with van der Waals surface area (Å²) in [6.45, 7) is 1.99. The van der Waals surface area contributed by atoms with Gasteiger partial charge < -0.3 is 14.8 Å². The number of oxazole rings is 1. The summed E-state index contributed by atoms with van der Waals surface area (Å²) < 4.78 is 5.33. The number of aromatic nitrogens is 1.